The normalized spacial score (nSPS) is 10.9. The van der Waals surface area contributed by atoms with Crippen LogP contribution in [-0.2, 0) is 0 Å². The predicted molar refractivity (Wildman–Crippen MR) is 70.2 cm³/mol. The molecular weight excluding hydrogens is 230 g/mol. The number of nitrogens with zero attached hydrogens (tertiary/aromatic N) is 1. The maximum Gasteiger partial charge on any atom is 0.131 e. The number of phenols is 2. The van der Waals surface area contributed by atoms with E-state index in [9.17, 15) is 15.1 Å². The van der Waals surface area contributed by atoms with Crippen LogP contribution in [0.3, 0.4) is 0 Å². The lowest BCUT2D eigenvalue weighted by Gasteiger charge is -2.09. The minimum atomic E-state index is 0.0453. The third-order valence-electron chi connectivity index (χ3n) is 3.06. The molecule has 0 amide bonds. The van der Waals surface area contributed by atoms with Gasteiger partial charge in [0.05, 0.1) is 0 Å². The minimum Gasteiger partial charge on any atom is -0.507 e. The summed E-state index contributed by atoms with van der Waals surface area (Å²) in [6, 6.07) is 11.5. The Labute approximate surface area is 102 Å². The van der Waals surface area contributed by atoms with E-state index in [1.807, 2.05) is 0 Å². The Balaban J connectivity index is 2.58. The zero-order chi connectivity index (χ0) is 12.7. The summed E-state index contributed by atoms with van der Waals surface area (Å²) < 4.78 is 0. The molecule has 0 aliphatic rings. The van der Waals surface area contributed by atoms with Gasteiger partial charge in [-0.05, 0) is 23.4 Å². The summed E-state index contributed by atoms with van der Waals surface area (Å²) in [6.07, 6.45) is 0. The standard InChI is InChI=1S/C14H9NO3/c16-13-9-3-1-2-4-10(9)14(17)12-7-8(15-18)5-6-11(12)13/h1-7,16-17H. The fourth-order valence-electron chi connectivity index (χ4n) is 2.18. The Morgan fingerprint density at radius 1 is 0.778 bits per heavy atom. The second kappa shape index (κ2) is 3.70. The Kier molecular flexibility index (Phi) is 2.16. The molecule has 0 aliphatic heterocycles. The highest BCUT2D eigenvalue weighted by atomic mass is 16.3. The van der Waals surface area contributed by atoms with Gasteiger partial charge >= 0.3 is 0 Å². The molecule has 0 bridgehead atoms. The molecule has 88 valence electrons. The summed E-state index contributed by atoms with van der Waals surface area (Å²) in [4.78, 5) is 10.5. The molecule has 18 heavy (non-hydrogen) atoms. The zero-order valence-corrected chi connectivity index (χ0v) is 9.29. The van der Waals surface area contributed by atoms with Crippen molar-refractivity contribution in [3.8, 4) is 11.5 Å². The largest absolute Gasteiger partial charge is 0.507 e. The summed E-state index contributed by atoms with van der Waals surface area (Å²) in [5, 5.41) is 25.3. The lowest BCUT2D eigenvalue weighted by molar-refractivity contribution is 0.478. The van der Waals surface area contributed by atoms with Crippen molar-refractivity contribution in [2.24, 2.45) is 5.18 Å². The van der Waals surface area contributed by atoms with Gasteiger partial charge in [0.2, 0.25) is 0 Å². The van der Waals surface area contributed by atoms with E-state index in [1.165, 1.54) is 12.1 Å². The second-order valence-corrected chi connectivity index (χ2v) is 4.06. The Hall–Kier alpha value is -2.62. The molecule has 0 saturated heterocycles. The molecule has 0 aliphatic carbocycles. The summed E-state index contributed by atoms with van der Waals surface area (Å²) in [5.41, 5.74) is 0.215. The molecular formula is C14H9NO3. The van der Waals surface area contributed by atoms with Gasteiger partial charge in [0.25, 0.3) is 0 Å². The van der Waals surface area contributed by atoms with E-state index < -0.39 is 0 Å². The first-order chi connectivity index (χ1) is 8.72. The molecule has 0 atom stereocenters. The van der Waals surface area contributed by atoms with Gasteiger partial charge in [-0.25, -0.2) is 0 Å². The van der Waals surface area contributed by atoms with Crippen LogP contribution in [0.1, 0.15) is 0 Å². The van der Waals surface area contributed by atoms with Gasteiger partial charge in [0.1, 0.15) is 17.2 Å². The maximum absolute atomic E-state index is 10.5. The summed E-state index contributed by atoms with van der Waals surface area (Å²) in [7, 11) is 0. The number of nitroso groups, excluding NO2 is 1. The highest BCUT2D eigenvalue weighted by molar-refractivity contribution is 6.11. The average molecular weight is 239 g/mol. The van der Waals surface area contributed by atoms with Crippen molar-refractivity contribution < 1.29 is 10.2 Å². The van der Waals surface area contributed by atoms with Crippen LogP contribution in [0.25, 0.3) is 21.5 Å². The van der Waals surface area contributed by atoms with Crippen LogP contribution in [0.4, 0.5) is 5.69 Å². The van der Waals surface area contributed by atoms with Crippen molar-refractivity contribution in [1.82, 2.24) is 0 Å². The molecule has 3 aromatic rings. The van der Waals surface area contributed by atoms with Crippen LogP contribution in [0.15, 0.2) is 47.6 Å². The van der Waals surface area contributed by atoms with Gasteiger partial charge in [-0.1, -0.05) is 24.3 Å². The fourth-order valence-corrected chi connectivity index (χ4v) is 2.18. The summed E-state index contributed by atoms with van der Waals surface area (Å²) >= 11 is 0. The lowest BCUT2D eigenvalue weighted by Crippen LogP contribution is -1.81. The number of rotatable bonds is 1. The Morgan fingerprint density at radius 3 is 1.94 bits per heavy atom. The third kappa shape index (κ3) is 1.32. The summed E-state index contributed by atoms with van der Waals surface area (Å²) in [6.45, 7) is 0. The van der Waals surface area contributed by atoms with E-state index in [4.69, 9.17) is 0 Å². The molecule has 0 aromatic heterocycles. The van der Waals surface area contributed by atoms with Crippen molar-refractivity contribution in [2.45, 2.75) is 0 Å². The quantitative estimate of drug-likeness (QED) is 0.385. The van der Waals surface area contributed by atoms with E-state index in [1.54, 1.807) is 30.3 Å². The zero-order valence-electron chi connectivity index (χ0n) is 9.29. The van der Waals surface area contributed by atoms with Crippen LogP contribution in [0.5, 0.6) is 11.5 Å². The molecule has 0 radical (unpaired) electrons. The number of hydrogen-bond acceptors (Lipinski definition) is 4. The van der Waals surface area contributed by atoms with Gasteiger partial charge in [0, 0.05) is 21.5 Å². The van der Waals surface area contributed by atoms with E-state index in [0.29, 0.717) is 21.5 Å². The highest BCUT2D eigenvalue weighted by Crippen LogP contribution is 2.42. The number of phenolic OH excluding ortho intramolecular Hbond substituents is 2. The predicted octanol–water partition coefficient (Wildman–Crippen LogP) is 3.80. The van der Waals surface area contributed by atoms with Crippen LogP contribution in [0.2, 0.25) is 0 Å². The van der Waals surface area contributed by atoms with Gasteiger partial charge in [-0.15, -0.1) is 4.91 Å². The van der Waals surface area contributed by atoms with E-state index in [-0.39, 0.29) is 17.2 Å². The van der Waals surface area contributed by atoms with Gasteiger partial charge in [0.15, 0.2) is 0 Å². The SMILES string of the molecule is O=Nc1ccc2c(O)c3ccccc3c(O)c2c1. The van der Waals surface area contributed by atoms with Crippen LogP contribution >= 0.6 is 0 Å². The lowest BCUT2D eigenvalue weighted by atomic mass is 10.0. The maximum atomic E-state index is 10.5. The van der Waals surface area contributed by atoms with E-state index in [2.05, 4.69) is 5.18 Å². The van der Waals surface area contributed by atoms with Crippen LogP contribution in [0, 0.1) is 4.91 Å². The number of benzene rings is 3. The van der Waals surface area contributed by atoms with Crippen molar-refractivity contribution >= 4 is 27.2 Å². The Bertz CT molecular complexity index is 781. The van der Waals surface area contributed by atoms with E-state index >= 15 is 0 Å². The van der Waals surface area contributed by atoms with E-state index in [0.717, 1.165) is 0 Å². The van der Waals surface area contributed by atoms with Crippen molar-refractivity contribution in [3.63, 3.8) is 0 Å². The molecule has 4 heteroatoms. The molecule has 3 aromatic carbocycles. The van der Waals surface area contributed by atoms with Gasteiger partial charge in [-0.2, -0.15) is 0 Å². The first kappa shape index (κ1) is 10.5. The Morgan fingerprint density at radius 2 is 1.33 bits per heavy atom. The first-order valence-corrected chi connectivity index (χ1v) is 5.42. The molecule has 0 heterocycles. The molecule has 0 fully saturated rings. The fraction of sp³-hybridized carbons (Fsp3) is 0. The van der Waals surface area contributed by atoms with Crippen molar-refractivity contribution in [1.29, 1.82) is 0 Å². The third-order valence-corrected chi connectivity index (χ3v) is 3.06. The molecule has 4 nitrogen and oxygen atoms in total. The van der Waals surface area contributed by atoms with Crippen LogP contribution in [-0.4, -0.2) is 10.2 Å². The summed E-state index contributed by atoms with van der Waals surface area (Å²) in [5.74, 6) is 0.139. The minimum absolute atomic E-state index is 0.0453. The first-order valence-electron chi connectivity index (χ1n) is 5.42. The van der Waals surface area contributed by atoms with Crippen LogP contribution < -0.4 is 0 Å². The molecule has 0 spiro atoms. The van der Waals surface area contributed by atoms with Gasteiger partial charge < -0.3 is 10.2 Å². The molecule has 0 saturated carbocycles. The highest BCUT2D eigenvalue weighted by Gasteiger charge is 2.12. The van der Waals surface area contributed by atoms with Crippen molar-refractivity contribution in [2.75, 3.05) is 0 Å². The molecule has 0 unspecified atom stereocenters. The topological polar surface area (TPSA) is 69.9 Å². The molecule has 2 N–H and O–H groups in total. The number of fused-ring (bicyclic) bond motifs is 2. The number of aromatic hydroxyl groups is 2. The molecule has 3 rings (SSSR count). The van der Waals surface area contributed by atoms with Crippen molar-refractivity contribution in [3.05, 3.63) is 47.4 Å². The smallest absolute Gasteiger partial charge is 0.131 e. The second-order valence-electron chi connectivity index (χ2n) is 4.06. The van der Waals surface area contributed by atoms with Gasteiger partial charge in [-0.3, -0.25) is 0 Å². The average Bonchev–Trinajstić information content (AvgIpc) is 2.44. The monoisotopic (exact) mass is 239 g/mol. The number of hydrogen-bond donors (Lipinski definition) is 2.